The standard InChI is InChI=1S/C26H22F3NO3S/c1-2-3-16-34(31,32)21-12-10-19(11-13-21)33-20-7-4-6-18(17-20)22-14-15-30-25-23(22)8-5-9-24(25)26(27,28)29/h4-15,17H,2-3,16H2,1H3. The minimum Gasteiger partial charge on any atom is -0.457 e. The number of fused-ring (bicyclic) bond motifs is 1. The van der Waals surface area contributed by atoms with Crippen molar-refractivity contribution in [1.82, 2.24) is 4.98 Å². The summed E-state index contributed by atoms with van der Waals surface area (Å²) in [5, 5.41) is 0.385. The van der Waals surface area contributed by atoms with Crippen LogP contribution in [0.15, 0.2) is 83.9 Å². The third-order valence-corrected chi connectivity index (χ3v) is 7.22. The summed E-state index contributed by atoms with van der Waals surface area (Å²) in [6.07, 6.45) is -1.76. The molecule has 34 heavy (non-hydrogen) atoms. The van der Waals surface area contributed by atoms with E-state index in [2.05, 4.69) is 4.98 Å². The van der Waals surface area contributed by atoms with Crippen LogP contribution in [0.4, 0.5) is 13.2 Å². The third kappa shape index (κ3) is 5.07. The Bertz CT molecular complexity index is 1420. The predicted octanol–water partition coefficient (Wildman–Crippen LogP) is 7.29. The number of benzene rings is 3. The lowest BCUT2D eigenvalue weighted by atomic mass is 9.99. The van der Waals surface area contributed by atoms with Gasteiger partial charge in [-0.25, -0.2) is 8.42 Å². The van der Waals surface area contributed by atoms with Gasteiger partial charge < -0.3 is 4.74 Å². The van der Waals surface area contributed by atoms with E-state index in [1.165, 1.54) is 24.4 Å². The second-order valence-corrected chi connectivity index (χ2v) is 9.94. The molecule has 0 atom stereocenters. The van der Waals surface area contributed by atoms with E-state index < -0.39 is 21.6 Å². The number of para-hydroxylation sites is 1. The molecule has 0 amide bonds. The fourth-order valence-corrected chi connectivity index (χ4v) is 5.14. The van der Waals surface area contributed by atoms with E-state index in [1.807, 2.05) is 6.92 Å². The number of hydrogen-bond acceptors (Lipinski definition) is 4. The van der Waals surface area contributed by atoms with Crippen molar-refractivity contribution < 1.29 is 26.3 Å². The van der Waals surface area contributed by atoms with Crippen LogP contribution in [0.3, 0.4) is 0 Å². The van der Waals surface area contributed by atoms with Gasteiger partial charge in [0.2, 0.25) is 0 Å². The molecule has 0 radical (unpaired) electrons. The number of hydrogen-bond donors (Lipinski definition) is 0. The Kier molecular flexibility index (Phi) is 6.61. The van der Waals surface area contributed by atoms with Crippen LogP contribution in [0.25, 0.3) is 22.0 Å². The van der Waals surface area contributed by atoms with Gasteiger partial charge in [0.15, 0.2) is 9.84 Å². The Balaban J connectivity index is 1.63. The molecule has 176 valence electrons. The summed E-state index contributed by atoms with van der Waals surface area (Å²) in [6, 6.07) is 18.8. The van der Waals surface area contributed by atoms with E-state index in [0.717, 1.165) is 12.5 Å². The molecule has 0 saturated carbocycles. The van der Waals surface area contributed by atoms with Crippen molar-refractivity contribution in [2.75, 3.05) is 5.75 Å². The normalized spacial score (nSPS) is 12.1. The Hall–Kier alpha value is -3.39. The molecule has 4 nitrogen and oxygen atoms in total. The Labute approximate surface area is 196 Å². The van der Waals surface area contributed by atoms with E-state index in [-0.39, 0.29) is 16.2 Å². The van der Waals surface area contributed by atoms with Gasteiger partial charge in [0.1, 0.15) is 11.5 Å². The topological polar surface area (TPSA) is 56.3 Å². The maximum Gasteiger partial charge on any atom is 0.418 e. The van der Waals surface area contributed by atoms with Crippen molar-refractivity contribution in [1.29, 1.82) is 0 Å². The smallest absolute Gasteiger partial charge is 0.418 e. The van der Waals surface area contributed by atoms with Gasteiger partial charge in [0, 0.05) is 11.6 Å². The lowest BCUT2D eigenvalue weighted by Gasteiger charge is -2.13. The molecule has 3 aromatic carbocycles. The van der Waals surface area contributed by atoms with Crippen LogP contribution in [-0.2, 0) is 16.0 Å². The van der Waals surface area contributed by atoms with Gasteiger partial charge in [0.05, 0.1) is 21.7 Å². The Morgan fingerprint density at radius 2 is 1.65 bits per heavy atom. The molecule has 0 fully saturated rings. The molecule has 0 saturated heterocycles. The van der Waals surface area contributed by atoms with Crippen LogP contribution < -0.4 is 4.74 Å². The third-order valence-electron chi connectivity index (χ3n) is 5.41. The SMILES string of the molecule is CCCCS(=O)(=O)c1ccc(Oc2cccc(-c3ccnc4c(C(F)(F)F)cccc34)c2)cc1. The van der Waals surface area contributed by atoms with Gasteiger partial charge in [-0.3, -0.25) is 4.98 Å². The lowest BCUT2D eigenvalue weighted by molar-refractivity contribution is -0.136. The molecule has 0 aliphatic heterocycles. The monoisotopic (exact) mass is 485 g/mol. The molecular formula is C26H22F3NO3S. The summed E-state index contributed by atoms with van der Waals surface area (Å²) < 4.78 is 70.8. The molecule has 0 unspecified atom stereocenters. The first-order valence-corrected chi connectivity index (χ1v) is 12.4. The van der Waals surface area contributed by atoms with Crippen molar-refractivity contribution in [2.24, 2.45) is 0 Å². The summed E-state index contributed by atoms with van der Waals surface area (Å²) in [7, 11) is -3.33. The van der Waals surface area contributed by atoms with E-state index in [1.54, 1.807) is 48.5 Å². The van der Waals surface area contributed by atoms with Gasteiger partial charge in [-0.15, -0.1) is 0 Å². The highest BCUT2D eigenvalue weighted by Gasteiger charge is 2.33. The zero-order valence-corrected chi connectivity index (χ0v) is 19.2. The predicted molar refractivity (Wildman–Crippen MR) is 126 cm³/mol. The molecule has 1 heterocycles. The summed E-state index contributed by atoms with van der Waals surface area (Å²) in [5.41, 5.74) is 0.369. The number of alkyl halides is 3. The summed E-state index contributed by atoms with van der Waals surface area (Å²) in [4.78, 5) is 4.21. The van der Waals surface area contributed by atoms with E-state index in [0.29, 0.717) is 34.4 Å². The Morgan fingerprint density at radius 3 is 2.35 bits per heavy atom. The highest BCUT2D eigenvalue weighted by molar-refractivity contribution is 7.91. The quantitative estimate of drug-likeness (QED) is 0.276. The van der Waals surface area contributed by atoms with Gasteiger partial charge in [-0.2, -0.15) is 13.2 Å². The average molecular weight is 486 g/mol. The van der Waals surface area contributed by atoms with Crippen LogP contribution >= 0.6 is 0 Å². The summed E-state index contributed by atoms with van der Waals surface area (Å²) in [5.74, 6) is 1.02. The van der Waals surface area contributed by atoms with Crippen molar-refractivity contribution in [2.45, 2.75) is 30.8 Å². The average Bonchev–Trinajstić information content (AvgIpc) is 2.82. The van der Waals surface area contributed by atoms with Crippen LogP contribution in [0.5, 0.6) is 11.5 Å². The first kappa shape index (κ1) is 23.8. The highest BCUT2D eigenvalue weighted by Crippen LogP contribution is 2.37. The highest BCUT2D eigenvalue weighted by atomic mass is 32.2. The molecule has 0 N–H and O–H groups in total. The van der Waals surface area contributed by atoms with Crippen molar-refractivity contribution in [3.05, 3.63) is 84.6 Å². The van der Waals surface area contributed by atoms with Gasteiger partial charge >= 0.3 is 6.18 Å². The first-order chi connectivity index (χ1) is 16.2. The number of rotatable bonds is 7. The molecular weight excluding hydrogens is 463 g/mol. The number of aromatic nitrogens is 1. The molecule has 4 rings (SSSR count). The van der Waals surface area contributed by atoms with E-state index >= 15 is 0 Å². The zero-order chi connectivity index (χ0) is 24.3. The number of unbranched alkanes of at least 4 members (excludes halogenated alkanes) is 1. The molecule has 0 bridgehead atoms. The van der Waals surface area contributed by atoms with Gasteiger partial charge in [-0.05, 0) is 66.1 Å². The summed E-state index contributed by atoms with van der Waals surface area (Å²) in [6.45, 7) is 1.94. The van der Waals surface area contributed by atoms with E-state index in [4.69, 9.17) is 4.74 Å². The first-order valence-electron chi connectivity index (χ1n) is 10.7. The van der Waals surface area contributed by atoms with Gasteiger partial charge in [-0.1, -0.05) is 37.6 Å². The summed E-state index contributed by atoms with van der Waals surface area (Å²) >= 11 is 0. The van der Waals surface area contributed by atoms with Crippen LogP contribution in [0.1, 0.15) is 25.3 Å². The fourth-order valence-electron chi connectivity index (χ4n) is 3.69. The minimum absolute atomic E-state index is 0.0989. The fraction of sp³-hybridized carbons (Fsp3) is 0.192. The molecule has 1 aromatic heterocycles. The largest absolute Gasteiger partial charge is 0.457 e. The van der Waals surface area contributed by atoms with E-state index in [9.17, 15) is 21.6 Å². The van der Waals surface area contributed by atoms with Crippen molar-refractivity contribution in [3.8, 4) is 22.6 Å². The van der Waals surface area contributed by atoms with Crippen molar-refractivity contribution >= 4 is 20.7 Å². The number of halogens is 3. The zero-order valence-electron chi connectivity index (χ0n) is 18.3. The number of pyridine rings is 1. The Morgan fingerprint density at radius 1 is 0.912 bits per heavy atom. The molecule has 0 aliphatic rings. The molecule has 0 aliphatic carbocycles. The van der Waals surface area contributed by atoms with Crippen LogP contribution in [0.2, 0.25) is 0 Å². The second-order valence-electron chi connectivity index (χ2n) is 7.83. The molecule has 0 spiro atoms. The molecule has 4 aromatic rings. The number of sulfone groups is 1. The van der Waals surface area contributed by atoms with Crippen LogP contribution in [-0.4, -0.2) is 19.2 Å². The van der Waals surface area contributed by atoms with Crippen LogP contribution in [0, 0.1) is 0 Å². The maximum absolute atomic E-state index is 13.4. The van der Waals surface area contributed by atoms with Gasteiger partial charge in [0.25, 0.3) is 0 Å². The maximum atomic E-state index is 13.4. The molecule has 8 heteroatoms. The number of nitrogens with zero attached hydrogens (tertiary/aromatic N) is 1. The number of ether oxygens (including phenoxy) is 1. The minimum atomic E-state index is -4.51. The van der Waals surface area contributed by atoms with Crippen molar-refractivity contribution in [3.63, 3.8) is 0 Å². The second kappa shape index (κ2) is 9.46. The lowest BCUT2D eigenvalue weighted by Crippen LogP contribution is -2.06.